The highest BCUT2D eigenvalue weighted by atomic mass is 16.6. The van der Waals surface area contributed by atoms with E-state index in [4.69, 9.17) is 0 Å². The van der Waals surface area contributed by atoms with Crippen molar-refractivity contribution >= 4 is 23.0 Å². The zero-order valence-corrected chi connectivity index (χ0v) is 10.8. The first-order valence-electron chi connectivity index (χ1n) is 6.59. The Balaban J connectivity index is 2.07. The number of nitrogens with one attached hydrogen (secondary N) is 1. The van der Waals surface area contributed by atoms with Crippen LogP contribution >= 0.6 is 0 Å². The fourth-order valence-electron chi connectivity index (χ4n) is 2.97. The predicted molar refractivity (Wildman–Crippen MR) is 72.9 cm³/mol. The molecule has 1 amide bonds. The summed E-state index contributed by atoms with van der Waals surface area (Å²) in [7, 11) is 0. The number of aliphatic hydroxyl groups is 1. The van der Waals surface area contributed by atoms with Gasteiger partial charge in [-0.1, -0.05) is 0 Å². The number of amides is 1. The third-order valence-corrected chi connectivity index (χ3v) is 3.92. The monoisotopic (exact) mass is 277 g/mol. The van der Waals surface area contributed by atoms with E-state index in [0.717, 1.165) is 12.8 Å². The standard InChI is InChI=1S/C13H15N3O4/c17-7-9-2-1-3-15(9)11-6-10-8(5-13(18)14-10)4-12(11)16(19)20/h4,6,9,17H,1-3,5,7H2,(H,14,18). The normalized spacial score (nSPS) is 20.9. The molecule has 2 heterocycles. The van der Waals surface area contributed by atoms with Gasteiger partial charge in [0.15, 0.2) is 0 Å². The highest BCUT2D eigenvalue weighted by Crippen LogP contribution is 2.39. The molecule has 0 spiro atoms. The largest absolute Gasteiger partial charge is 0.394 e. The van der Waals surface area contributed by atoms with Crippen molar-refractivity contribution in [3.05, 3.63) is 27.8 Å². The molecular weight excluding hydrogens is 262 g/mol. The highest BCUT2D eigenvalue weighted by molar-refractivity contribution is 6.00. The molecule has 1 unspecified atom stereocenters. The minimum absolute atomic E-state index is 0.000556. The third-order valence-electron chi connectivity index (χ3n) is 3.92. The second-order valence-corrected chi connectivity index (χ2v) is 5.15. The average molecular weight is 277 g/mol. The maximum atomic E-state index is 11.4. The number of anilines is 2. The zero-order valence-electron chi connectivity index (χ0n) is 10.8. The van der Waals surface area contributed by atoms with Gasteiger partial charge in [0.25, 0.3) is 5.69 Å². The van der Waals surface area contributed by atoms with Crippen molar-refractivity contribution < 1.29 is 14.8 Å². The Morgan fingerprint density at radius 1 is 1.50 bits per heavy atom. The number of aliphatic hydroxyl groups excluding tert-OH is 1. The summed E-state index contributed by atoms with van der Waals surface area (Å²) in [6.45, 7) is 0.652. The number of hydrogen-bond donors (Lipinski definition) is 2. The van der Waals surface area contributed by atoms with Crippen LogP contribution in [0.25, 0.3) is 0 Å². The Bertz CT molecular complexity index is 587. The van der Waals surface area contributed by atoms with E-state index in [1.165, 1.54) is 6.07 Å². The molecule has 0 radical (unpaired) electrons. The van der Waals surface area contributed by atoms with Gasteiger partial charge in [0.05, 0.1) is 24.0 Å². The summed E-state index contributed by atoms with van der Waals surface area (Å²) < 4.78 is 0. The maximum absolute atomic E-state index is 11.4. The van der Waals surface area contributed by atoms with Crippen molar-refractivity contribution in [1.29, 1.82) is 0 Å². The molecular formula is C13H15N3O4. The van der Waals surface area contributed by atoms with Crippen LogP contribution in [0.1, 0.15) is 18.4 Å². The number of nitro benzene ring substituents is 1. The van der Waals surface area contributed by atoms with Crippen molar-refractivity contribution in [3.63, 3.8) is 0 Å². The van der Waals surface area contributed by atoms with Crippen molar-refractivity contribution in [2.24, 2.45) is 0 Å². The van der Waals surface area contributed by atoms with E-state index in [9.17, 15) is 20.0 Å². The van der Waals surface area contributed by atoms with Crippen LogP contribution in [0, 0.1) is 10.1 Å². The van der Waals surface area contributed by atoms with Gasteiger partial charge in [-0.3, -0.25) is 14.9 Å². The number of nitrogens with zero attached hydrogens (tertiary/aromatic N) is 2. The molecule has 0 aliphatic carbocycles. The van der Waals surface area contributed by atoms with Crippen molar-refractivity contribution in [2.75, 3.05) is 23.4 Å². The number of fused-ring (bicyclic) bond motifs is 1. The SMILES string of the molecule is O=C1Cc2cc([N+](=O)[O-])c(N3CCCC3CO)cc2N1. The summed E-state index contributed by atoms with van der Waals surface area (Å²) in [6.07, 6.45) is 1.89. The molecule has 7 nitrogen and oxygen atoms in total. The third kappa shape index (κ3) is 2.00. The molecule has 1 fully saturated rings. The topological polar surface area (TPSA) is 95.7 Å². The lowest BCUT2D eigenvalue weighted by Crippen LogP contribution is -2.32. The minimum Gasteiger partial charge on any atom is -0.394 e. The molecule has 1 saturated heterocycles. The summed E-state index contributed by atoms with van der Waals surface area (Å²) in [5, 5.41) is 23.4. The maximum Gasteiger partial charge on any atom is 0.292 e. The number of hydrogen-bond acceptors (Lipinski definition) is 5. The number of nitro groups is 1. The van der Waals surface area contributed by atoms with Gasteiger partial charge in [-0.15, -0.1) is 0 Å². The molecule has 2 aliphatic rings. The van der Waals surface area contributed by atoms with Crippen LogP contribution in [0.4, 0.5) is 17.1 Å². The Labute approximate surface area is 115 Å². The zero-order chi connectivity index (χ0) is 14.3. The molecule has 7 heteroatoms. The molecule has 0 bridgehead atoms. The molecule has 2 N–H and O–H groups in total. The van der Waals surface area contributed by atoms with E-state index >= 15 is 0 Å². The number of carbonyl (C=O) groups is 1. The summed E-state index contributed by atoms with van der Waals surface area (Å²) in [6, 6.07) is 3.03. The molecule has 20 heavy (non-hydrogen) atoms. The van der Waals surface area contributed by atoms with E-state index in [2.05, 4.69) is 5.32 Å². The van der Waals surface area contributed by atoms with Gasteiger partial charge < -0.3 is 15.3 Å². The van der Waals surface area contributed by atoms with E-state index in [1.807, 2.05) is 4.90 Å². The molecule has 1 aromatic carbocycles. The van der Waals surface area contributed by atoms with E-state index < -0.39 is 4.92 Å². The van der Waals surface area contributed by atoms with E-state index in [-0.39, 0.29) is 30.7 Å². The Morgan fingerprint density at radius 3 is 3.00 bits per heavy atom. The number of carbonyl (C=O) groups excluding carboxylic acids is 1. The molecule has 106 valence electrons. The molecule has 0 aromatic heterocycles. The Hall–Kier alpha value is -2.15. The second kappa shape index (κ2) is 4.75. The van der Waals surface area contributed by atoms with Gasteiger partial charge in [-0.05, 0) is 24.5 Å². The first-order chi connectivity index (χ1) is 9.60. The van der Waals surface area contributed by atoms with Crippen LogP contribution in [0.2, 0.25) is 0 Å². The number of rotatable bonds is 3. The van der Waals surface area contributed by atoms with Crippen molar-refractivity contribution in [1.82, 2.24) is 0 Å². The molecule has 2 aliphatic heterocycles. The Kier molecular flexibility index (Phi) is 3.06. The second-order valence-electron chi connectivity index (χ2n) is 5.15. The van der Waals surface area contributed by atoms with Crippen LogP contribution in [0.3, 0.4) is 0 Å². The number of benzene rings is 1. The van der Waals surface area contributed by atoms with Crippen LogP contribution in [-0.2, 0) is 11.2 Å². The molecule has 0 saturated carbocycles. The lowest BCUT2D eigenvalue weighted by molar-refractivity contribution is -0.384. The Morgan fingerprint density at radius 2 is 2.30 bits per heavy atom. The van der Waals surface area contributed by atoms with E-state index in [1.54, 1.807) is 6.07 Å². The smallest absolute Gasteiger partial charge is 0.292 e. The minimum atomic E-state index is -0.425. The lowest BCUT2D eigenvalue weighted by Gasteiger charge is -2.25. The van der Waals surface area contributed by atoms with Gasteiger partial charge in [0, 0.05) is 18.3 Å². The van der Waals surface area contributed by atoms with Crippen LogP contribution in [0.15, 0.2) is 12.1 Å². The predicted octanol–water partition coefficient (Wildman–Crippen LogP) is 1.05. The summed E-state index contributed by atoms with van der Waals surface area (Å²) in [5.41, 5.74) is 1.78. The van der Waals surface area contributed by atoms with Gasteiger partial charge in [-0.2, -0.15) is 0 Å². The van der Waals surface area contributed by atoms with Gasteiger partial charge in [0.2, 0.25) is 5.91 Å². The summed E-state index contributed by atoms with van der Waals surface area (Å²) in [5.74, 6) is -0.147. The van der Waals surface area contributed by atoms with Crippen molar-refractivity contribution in [2.45, 2.75) is 25.3 Å². The van der Waals surface area contributed by atoms with Gasteiger partial charge >= 0.3 is 0 Å². The van der Waals surface area contributed by atoms with Gasteiger partial charge in [0.1, 0.15) is 5.69 Å². The summed E-state index contributed by atoms with van der Waals surface area (Å²) in [4.78, 5) is 24.1. The van der Waals surface area contributed by atoms with E-state index in [0.29, 0.717) is 23.5 Å². The summed E-state index contributed by atoms with van der Waals surface area (Å²) >= 11 is 0. The van der Waals surface area contributed by atoms with Crippen LogP contribution in [-0.4, -0.2) is 35.1 Å². The first kappa shape index (κ1) is 12.9. The van der Waals surface area contributed by atoms with Crippen LogP contribution < -0.4 is 10.2 Å². The fourth-order valence-corrected chi connectivity index (χ4v) is 2.97. The highest BCUT2D eigenvalue weighted by Gasteiger charge is 2.32. The van der Waals surface area contributed by atoms with Gasteiger partial charge in [-0.25, -0.2) is 0 Å². The quantitative estimate of drug-likeness (QED) is 0.636. The fraction of sp³-hybridized carbons (Fsp3) is 0.462. The lowest BCUT2D eigenvalue weighted by atomic mass is 10.1. The van der Waals surface area contributed by atoms with Crippen LogP contribution in [0.5, 0.6) is 0 Å². The molecule has 1 atom stereocenters. The first-order valence-corrected chi connectivity index (χ1v) is 6.59. The molecule has 3 rings (SSSR count). The molecule has 1 aromatic rings. The average Bonchev–Trinajstić information content (AvgIpc) is 3.00. The van der Waals surface area contributed by atoms with Crippen molar-refractivity contribution in [3.8, 4) is 0 Å².